The number of carbonyl (C=O) groups is 4. The van der Waals surface area contributed by atoms with Gasteiger partial charge in [-0.25, -0.2) is 29.5 Å². The number of hydrogen-bond acceptors (Lipinski definition) is 17. The van der Waals surface area contributed by atoms with Crippen molar-refractivity contribution in [1.29, 1.82) is 0 Å². The van der Waals surface area contributed by atoms with Crippen LogP contribution in [0, 0.1) is 11.8 Å². The van der Waals surface area contributed by atoms with Gasteiger partial charge in [0.2, 0.25) is 0 Å². The average Bonchev–Trinajstić information content (AvgIpc) is 4.24. The highest BCUT2D eigenvalue weighted by Gasteiger charge is 2.34. The number of rotatable bonds is 19. The zero-order chi connectivity index (χ0) is 52.5. The molecule has 0 aromatic carbocycles. The Morgan fingerprint density at radius 3 is 1.76 bits per heavy atom. The minimum Gasteiger partial charge on any atom is -0.472 e. The molecule has 2 N–H and O–H groups in total. The summed E-state index contributed by atoms with van der Waals surface area (Å²) in [5.41, 5.74) is 9.74. The monoisotopic (exact) mass is 1050 g/mol. The molecule has 0 aliphatic heterocycles. The molecule has 4 aromatic rings. The van der Waals surface area contributed by atoms with Crippen molar-refractivity contribution in [3.05, 3.63) is 41.3 Å². The quantitative estimate of drug-likeness (QED) is 0.0682. The molecule has 0 bridgehead atoms. The van der Waals surface area contributed by atoms with Gasteiger partial charge in [0.15, 0.2) is 11.0 Å². The Kier molecular flexibility index (Phi) is 18.1. The van der Waals surface area contributed by atoms with E-state index < -0.39 is 18.1 Å². The van der Waals surface area contributed by atoms with Crippen LogP contribution in [0.4, 0.5) is 15.4 Å². The molecular weight excluding hydrogens is 974 g/mol. The molecule has 402 valence electrons. The molecule has 0 spiro atoms. The number of ether oxygens (including phenoxy) is 6. The van der Waals surface area contributed by atoms with Crippen LogP contribution < -0.4 is 15.2 Å². The van der Waals surface area contributed by atoms with Gasteiger partial charge in [0.1, 0.15) is 31.5 Å². The van der Waals surface area contributed by atoms with E-state index in [4.69, 9.17) is 45.8 Å². The zero-order valence-corrected chi connectivity index (χ0v) is 44.3. The highest BCUT2D eigenvalue weighted by molar-refractivity contribution is 6.30. The lowest BCUT2D eigenvalue weighted by molar-refractivity contribution is -0.156. The van der Waals surface area contributed by atoms with E-state index >= 15 is 0 Å². The molecule has 21 nitrogen and oxygen atoms in total. The number of aryl methyl sites for hydroxylation is 2. The zero-order valence-electron chi connectivity index (χ0n) is 43.6. The van der Waals surface area contributed by atoms with Crippen LogP contribution in [0.1, 0.15) is 141 Å². The first kappa shape index (κ1) is 54.0. The van der Waals surface area contributed by atoms with Crippen LogP contribution in [0.3, 0.4) is 0 Å². The van der Waals surface area contributed by atoms with Crippen molar-refractivity contribution in [2.75, 3.05) is 19.8 Å². The maximum Gasteiger partial charge on any atom is 0.410 e. The van der Waals surface area contributed by atoms with E-state index in [0.29, 0.717) is 72.6 Å². The smallest absolute Gasteiger partial charge is 0.410 e. The van der Waals surface area contributed by atoms with Crippen LogP contribution in [0.5, 0.6) is 11.8 Å². The van der Waals surface area contributed by atoms with Gasteiger partial charge in [-0.15, -0.1) is 0 Å². The third kappa shape index (κ3) is 13.5. The number of anilines is 1. The fourth-order valence-corrected chi connectivity index (χ4v) is 10.8. The number of hydrogen-bond donors (Lipinski definition) is 1. The Bertz CT molecular complexity index is 2580. The molecule has 4 fully saturated rings. The predicted molar refractivity (Wildman–Crippen MR) is 271 cm³/mol. The van der Waals surface area contributed by atoms with Gasteiger partial charge in [-0.1, -0.05) is 37.3 Å². The van der Waals surface area contributed by atoms with E-state index in [9.17, 15) is 19.2 Å². The van der Waals surface area contributed by atoms with Gasteiger partial charge in [-0.3, -0.25) is 19.0 Å². The Balaban J connectivity index is 0.868. The number of nitrogens with two attached hydrogens (primary N) is 1. The molecule has 22 heteroatoms. The lowest BCUT2D eigenvalue weighted by atomic mass is 9.87. The predicted octanol–water partition coefficient (Wildman–Crippen LogP) is 8.64. The van der Waals surface area contributed by atoms with Crippen LogP contribution in [0.25, 0.3) is 22.5 Å². The first-order chi connectivity index (χ1) is 35.6. The molecule has 4 heterocycles. The highest BCUT2D eigenvalue weighted by atomic mass is 35.5. The maximum absolute atomic E-state index is 13.7. The minimum absolute atomic E-state index is 0.000493. The van der Waals surface area contributed by atoms with Crippen molar-refractivity contribution in [3.8, 4) is 34.3 Å². The van der Waals surface area contributed by atoms with Gasteiger partial charge in [-0.2, -0.15) is 10.2 Å². The average molecular weight is 1050 g/mol. The number of esters is 2. The van der Waals surface area contributed by atoms with Crippen LogP contribution in [-0.2, 0) is 55.3 Å². The molecule has 4 saturated carbocycles. The third-order valence-corrected chi connectivity index (χ3v) is 15.1. The number of aromatic nitrogens is 8. The summed E-state index contributed by atoms with van der Waals surface area (Å²) < 4.78 is 38.9. The Morgan fingerprint density at radius 1 is 0.676 bits per heavy atom. The number of nitrogen functional groups attached to an aromatic ring is 1. The summed E-state index contributed by atoms with van der Waals surface area (Å²) in [4.78, 5) is 74.1. The minimum atomic E-state index is -0.485. The second kappa shape index (κ2) is 24.9. The van der Waals surface area contributed by atoms with Crippen LogP contribution in [0.15, 0.2) is 24.8 Å². The standard InChI is InChI=1S/C52H72ClN11O10/c1-31(2)71-49(65)33-13-11-20-38(23-33)74-48-46(54)60-42(28-56-48)40-26-58-64(44(40)30-70-52(68)62(5)36-17-9-10-18-36)22-21-32(3)72-50(66)34-14-12-19-37(24-34)73-47-45(53)59-41(27-55-47)39-25-57-63(6)43(39)29-69-51(67)61(4)35-15-7-8-16-35/h25-28,31-38H,7-24,29-30H2,1-6H3,(H2,54,60)/t32?,33-,34-,37-,38-/m0/s1. The van der Waals surface area contributed by atoms with Crippen LogP contribution in [-0.4, -0.2) is 124 Å². The van der Waals surface area contributed by atoms with Gasteiger partial charge >= 0.3 is 24.1 Å². The number of nitrogens with zero attached hydrogens (tertiary/aromatic N) is 10. The van der Waals surface area contributed by atoms with Gasteiger partial charge in [0.05, 0.1) is 65.5 Å². The Labute approximate surface area is 437 Å². The van der Waals surface area contributed by atoms with E-state index in [0.717, 1.165) is 77.0 Å². The molecule has 4 aromatic heterocycles. The SMILES string of the molecule is CC(C)OC(=O)[C@H]1CCC[C@H](Oc2ncc(-c3cnn(CCC(C)OC(=O)[C@H]4CCC[C@H](Oc5ncc(-c6cnn(C)c6COC(=O)N(C)C6CCCC6)nc5Cl)C4)c3COC(=O)N(C)C3CCCC3)nc2N)C1. The lowest BCUT2D eigenvalue weighted by Crippen LogP contribution is -2.35. The van der Waals surface area contributed by atoms with E-state index in [-0.39, 0.29) is 90.3 Å². The lowest BCUT2D eigenvalue weighted by Gasteiger charge is -2.29. The summed E-state index contributed by atoms with van der Waals surface area (Å²) in [5.74, 6) is -0.819. The molecule has 8 rings (SSSR count). The second-order valence-corrected chi connectivity index (χ2v) is 20.9. The summed E-state index contributed by atoms with van der Waals surface area (Å²) in [6.07, 6.45) is 18.1. The van der Waals surface area contributed by atoms with Gasteiger partial charge < -0.3 is 44.0 Å². The summed E-state index contributed by atoms with van der Waals surface area (Å²) >= 11 is 6.67. The summed E-state index contributed by atoms with van der Waals surface area (Å²) in [7, 11) is 5.31. The van der Waals surface area contributed by atoms with Crippen molar-refractivity contribution in [2.24, 2.45) is 18.9 Å². The molecule has 74 heavy (non-hydrogen) atoms. The molecule has 2 amide bonds. The number of amides is 2. The van der Waals surface area contributed by atoms with Crippen LogP contribution >= 0.6 is 11.6 Å². The largest absolute Gasteiger partial charge is 0.472 e. The van der Waals surface area contributed by atoms with Gasteiger partial charge in [0, 0.05) is 57.3 Å². The molecule has 5 atom stereocenters. The fourth-order valence-electron chi connectivity index (χ4n) is 10.6. The fraction of sp³-hybridized carbons (Fsp3) is 0.654. The first-order valence-corrected chi connectivity index (χ1v) is 26.7. The van der Waals surface area contributed by atoms with Crippen molar-refractivity contribution < 1.29 is 47.6 Å². The maximum atomic E-state index is 13.7. The van der Waals surface area contributed by atoms with E-state index in [1.807, 2.05) is 20.8 Å². The number of carbonyl (C=O) groups excluding carboxylic acids is 4. The molecule has 4 aliphatic carbocycles. The highest BCUT2D eigenvalue weighted by Crippen LogP contribution is 2.35. The Hall–Kier alpha value is -6.25. The molecule has 4 aliphatic rings. The van der Waals surface area contributed by atoms with Crippen molar-refractivity contribution in [2.45, 2.75) is 186 Å². The molecule has 1 unspecified atom stereocenters. The van der Waals surface area contributed by atoms with Crippen molar-refractivity contribution in [3.63, 3.8) is 0 Å². The molecule has 0 saturated heterocycles. The van der Waals surface area contributed by atoms with Crippen LogP contribution in [0.2, 0.25) is 5.15 Å². The second-order valence-electron chi connectivity index (χ2n) is 20.6. The molecular formula is C52H72ClN11O10. The van der Waals surface area contributed by atoms with E-state index in [1.54, 1.807) is 65.1 Å². The topological polar surface area (TPSA) is 243 Å². The molecule has 0 radical (unpaired) electrons. The Morgan fingerprint density at radius 2 is 1.19 bits per heavy atom. The first-order valence-electron chi connectivity index (χ1n) is 26.4. The van der Waals surface area contributed by atoms with E-state index in [1.165, 1.54) is 0 Å². The van der Waals surface area contributed by atoms with Gasteiger partial charge in [-0.05, 0) is 97.8 Å². The third-order valence-electron chi connectivity index (χ3n) is 14.9. The van der Waals surface area contributed by atoms with E-state index in [2.05, 4.69) is 30.1 Å². The summed E-state index contributed by atoms with van der Waals surface area (Å²) in [6.45, 7) is 5.74. The summed E-state index contributed by atoms with van der Waals surface area (Å²) in [6, 6.07) is 0.309. The summed E-state index contributed by atoms with van der Waals surface area (Å²) in [5, 5.41) is 9.09. The van der Waals surface area contributed by atoms with Crippen molar-refractivity contribution in [1.82, 2.24) is 49.3 Å². The normalized spacial score (nSPS) is 20.8. The van der Waals surface area contributed by atoms with Gasteiger partial charge in [0.25, 0.3) is 11.8 Å². The number of halogens is 1. The van der Waals surface area contributed by atoms with Crippen molar-refractivity contribution >= 4 is 41.5 Å².